The molecule has 0 N–H and O–H groups in total. The average molecular weight is 434 g/mol. The molecule has 1 aromatic heterocycles. The molecule has 0 saturated carbocycles. The molecule has 1 nitrogen and oxygen atoms in total. The zero-order chi connectivity index (χ0) is 22.5. The zero-order valence-electron chi connectivity index (χ0n) is 18.8. The number of para-hydroxylation sites is 1. The first kappa shape index (κ1) is 19.1. The second-order valence-corrected chi connectivity index (χ2v) is 8.89. The molecule has 160 valence electrons. The van der Waals surface area contributed by atoms with Crippen LogP contribution in [0.25, 0.3) is 55.5 Å². The fraction of sp³-hybridized carbons (Fsp3) is 0.0303. The van der Waals surface area contributed by atoms with Crippen LogP contribution >= 0.6 is 0 Å². The van der Waals surface area contributed by atoms with Crippen molar-refractivity contribution in [1.82, 2.24) is 4.57 Å². The summed E-state index contributed by atoms with van der Waals surface area (Å²) in [4.78, 5) is 0. The summed E-state index contributed by atoms with van der Waals surface area (Å²) in [6.45, 7) is 0. The smallest absolute Gasteiger partial charge is 0.0582 e. The maximum absolute atomic E-state index is 2.47. The third-order valence-corrected chi connectivity index (χ3v) is 7.01. The van der Waals surface area contributed by atoms with Gasteiger partial charge in [-0.25, -0.2) is 0 Å². The van der Waals surface area contributed by atoms with E-state index in [2.05, 4.69) is 132 Å². The first-order valence-electron chi connectivity index (χ1n) is 11.9. The fourth-order valence-electron chi connectivity index (χ4n) is 5.62. The summed E-state index contributed by atoms with van der Waals surface area (Å²) in [5.41, 5.74) is 12.9. The highest BCUT2D eigenvalue weighted by Gasteiger charge is 2.29. The largest absolute Gasteiger partial charge is 0.309 e. The van der Waals surface area contributed by atoms with Crippen LogP contribution in [0.2, 0.25) is 0 Å². The van der Waals surface area contributed by atoms with E-state index in [0.717, 1.165) is 6.42 Å². The van der Waals surface area contributed by atoms with Gasteiger partial charge in [0.1, 0.15) is 0 Å². The van der Waals surface area contributed by atoms with Crippen LogP contribution < -0.4 is 0 Å². The van der Waals surface area contributed by atoms with Crippen molar-refractivity contribution in [3.8, 4) is 39.1 Å². The highest BCUT2D eigenvalue weighted by molar-refractivity contribution is 6.16. The summed E-state index contributed by atoms with van der Waals surface area (Å²) in [5.74, 6) is 0. The summed E-state index contributed by atoms with van der Waals surface area (Å²) in [6, 6.07) is 35.3. The predicted molar refractivity (Wildman–Crippen MR) is 144 cm³/mol. The highest BCUT2D eigenvalue weighted by atomic mass is 15.0. The fourth-order valence-corrected chi connectivity index (χ4v) is 5.62. The Kier molecular flexibility index (Phi) is 4.28. The lowest BCUT2D eigenvalue weighted by atomic mass is 9.92. The lowest BCUT2D eigenvalue weighted by Crippen LogP contribution is -2.01. The molecule has 0 spiro atoms. The van der Waals surface area contributed by atoms with Gasteiger partial charge < -0.3 is 4.57 Å². The van der Waals surface area contributed by atoms with Gasteiger partial charge in [-0.3, -0.25) is 0 Å². The molecular formula is C33H23N. The van der Waals surface area contributed by atoms with Crippen molar-refractivity contribution in [3.05, 3.63) is 133 Å². The first-order chi connectivity index (χ1) is 16.9. The molecule has 0 amide bonds. The van der Waals surface area contributed by atoms with E-state index >= 15 is 0 Å². The van der Waals surface area contributed by atoms with E-state index < -0.39 is 0 Å². The third kappa shape index (κ3) is 2.74. The number of rotatable bonds is 2. The molecule has 0 saturated heterocycles. The molecule has 4 aromatic carbocycles. The van der Waals surface area contributed by atoms with Crippen LogP contribution in [0.3, 0.4) is 0 Å². The molecule has 1 heteroatoms. The molecular weight excluding hydrogens is 410 g/mol. The van der Waals surface area contributed by atoms with Gasteiger partial charge in [0.15, 0.2) is 0 Å². The van der Waals surface area contributed by atoms with E-state index in [9.17, 15) is 0 Å². The van der Waals surface area contributed by atoms with Crippen LogP contribution in [0.15, 0.2) is 127 Å². The highest BCUT2D eigenvalue weighted by Crippen LogP contribution is 2.52. The minimum Gasteiger partial charge on any atom is -0.309 e. The Morgan fingerprint density at radius 2 is 1.18 bits per heavy atom. The Balaban J connectivity index is 1.73. The maximum Gasteiger partial charge on any atom is 0.0582 e. The maximum atomic E-state index is 2.47. The van der Waals surface area contributed by atoms with Gasteiger partial charge in [0.25, 0.3) is 0 Å². The molecule has 0 aliphatic heterocycles. The summed E-state index contributed by atoms with van der Waals surface area (Å²) in [6.07, 6.45) is 11.9. The molecule has 0 radical (unpaired) electrons. The number of aromatic nitrogens is 1. The Bertz CT molecular complexity index is 1660. The van der Waals surface area contributed by atoms with Crippen molar-refractivity contribution in [2.45, 2.75) is 6.42 Å². The molecule has 5 aromatic rings. The van der Waals surface area contributed by atoms with Gasteiger partial charge in [-0.1, -0.05) is 109 Å². The molecule has 0 bridgehead atoms. The summed E-state index contributed by atoms with van der Waals surface area (Å²) in [5, 5.41) is 1.33. The minimum absolute atomic E-state index is 0.896. The number of hydrogen-bond donors (Lipinski definition) is 0. The van der Waals surface area contributed by atoms with E-state index in [0.29, 0.717) is 0 Å². The standard InChI is InChI=1S/C33H23N/c1-2-5-14-23(13-4-1)33-32-29-20-11-10-19-27(29)25-17-8-9-18-26(25)28-21-12-22-30(31(28)32)34(33)24-15-6-3-7-16-24/h1-13,15-22H,14H2. The SMILES string of the molecule is C1=CC=C(c2c3c4c(cccc4n2-c2ccccc2)-c2ccccc2-c2ccccc2-3)CC=C1. The first-order valence-corrected chi connectivity index (χ1v) is 11.9. The van der Waals surface area contributed by atoms with Gasteiger partial charge in [0, 0.05) is 16.6 Å². The second-order valence-electron chi connectivity index (χ2n) is 8.89. The van der Waals surface area contributed by atoms with E-state index in [1.54, 1.807) is 0 Å². The van der Waals surface area contributed by atoms with Gasteiger partial charge in [-0.05, 0) is 58.0 Å². The minimum atomic E-state index is 0.896. The number of hydrogen-bond acceptors (Lipinski definition) is 0. The monoisotopic (exact) mass is 433 g/mol. The molecule has 0 unspecified atom stereocenters. The second kappa shape index (κ2) is 7.60. The number of benzene rings is 4. The van der Waals surface area contributed by atoms with E-state index in [-0.39, 0.29) is 0 Å². The predicted octanol–water partition coefficient (Wildman–Crippen LogP) is 8.84. The Morgan fingerprint density at radius 3 is 1.97 bits per heavy atom. The Hall–Kier alpha value is -4.36. The molecule has 2 aliphatic rings. The summed E-state index contributed by atoms with van der Waals surface area (Å²) in [7, 11) is 0. The van der Waals surface area contributed by atoms with Crippen LogP contribution in [0.1, 0.15) is 12.1 Å². The molecule has 1 heterocycles. The number of allylic oxidation sites excluding steroid dienone is 6. The third-order valence-electron chi connectivity index (χ3n) is 7.01. The lowest BCUT2D eigenvalue weighted by molar-refractivity contribution is 1.09. The van der Waals surface area contributed by atoms with Gasteiger partial charge in [-0.2, -0.15) is 0 Å². The Labute approximate surface area is 199 Å². The van der Waals surface area contributed by atoms with Crippen molar-refractivity contribution in [2.24, 2.45) is 0 Å². The lowest BCUT2D eigenvalue weighted by Gasteiger charge is -2.17. The van der Waals surface area contributed by atoms with Crippen LogP contribution in [0.4, 0.5) is 0 Å². The zero-order valence-corrected chi connectivity index (χ0v) is 18.8. The van der Waals surface area contributed by atoms with Gasteiger partial charge in [-0.15, -0.1) is 0 Å². The van der Waals surface area contributed by atoms with Crippen LogP contribution in [-0.4, -0.2) is 4.57 Å². The quantitative estimate of drug-likeness (QED) is 0.257. The number of fused-ring (bicyclic) bond motifs is 5. The van der Waals surface area contributed by atoms with E-state index in [1.165, 1.54) is 61.2 Å². The van der Waals surface area contributed by atoms with Gasteiger partial charge in [0.2, 0.25) is 0 Å². The van der Waals surface area contributed by atoms with Crippen LogP contribution in [-0.2, 0) is 0 Å². The Morgan fingerprint density at radius 1 is 0.529 bits per heavy atom. The van der Waals surface area contributed by atoms with Crippen molar-refractivity contribution in [3.63, 3.8) is 0 Å². The van der Waals surface area contributed by atoms with Gasteiger partial charge >= 0.3 is 0 Å². The molecule has 0 fully saturated rings. The topological polar surface area (TPSA) is 4.93 Å². The van der Waals surface area contributed by atoms with Gasteiger partial charge in [0.05, 0.1) is 11.2 Å². The molecule has 2 aliphatic carbocycles. The average Bonchev–Trinajstić information content (AvgIpc) is 3.02. The van der Waals surface area contributed by atoms with Crippen molar-refractivity contribution >= 4 is 16.5 Å². The van der Waals surface area contributed by atoms with Crippen molar-refractivity contribution in [1.29, 1.82) is 0 Å². The van der Waals surface area contributed by atoms with Crippen molar-refractivity contribution in [2.75, 3.05) is 0 Å². The number of nitrogens with zero attached hydrogens (tertiary/aromatic N) is 1. The summed E-state index contributed by atoms with van der Waals surface area (Å²) >= 11 is 0. The normalized spacial score (nSPS) is 13.7. The summed E-state index contributed by atoms with van der Waals surface area (Å²) < 4.78 is 2.47. The van der Waals surface area contributed by atoms with E-state index in [1.807, 2.05) is 0 Å². The van der Waals surface area contributed by atoms with E-state index in [4.69, 9.17) is 0 Å². The molecule has 34 heavy (non-hydrogen) atoms. The van der Waals surface area contributed by atoms with Crippen LogP contribution in [0.5, 0.6) is 0 Å². The molecule has 7 rings (SSSR count). The van der Waals surface area contributed by atoms with Crippen LogP contribution in [0, 0.1) is 0 Å². The van der Waals surface area contributed by atoms with Crippen molar-refractivity contribution < 1.29 is 0 Å². The molecule has 0 atom stereocenters.